The Morgan fingerprint density at radius 3 is 0.807 bits per heavy atom. The van der Waals surface area contributed by atoms with Crippen LogP contribution in [0.5, 0.6) is 0 Å². The van der Waals surface area contributed by atoms with Gasteiger partial charge in [0.2, 0.25) is 0 Å². The van der Waals surface area contributed by atoms with Gasteiger partial charge in [-0.25, -0.2) is 0 Å². The van der Waals surface area contributed by atoms with Crippen LogP contribution in [0.1, 0.15) is 69.2 Å². The van der Waals surface area contributed by atoms with E-state index < -0.39 is 0 Å². The van der Waals surface area contributed by atoms with Crippen LogP contribution < -0.4 is 21.2 Å². The Morgan fingerprint density at radius 1 is 0.404 bits per heavy atom. The van der Waals surface area contributed by atoms with Crippen LogP contribution in [-0.2, 0) is 21.1 Å². The predicted molar refractivity (Wildman–Crippen MR) is 256 cm³/mol. The Morgan fingerprint density at radius 2 is 0.614 bits per heavy atom. The molecule has 0 amide bonds. The van der Waals surface area contributed by atoms with Gasteiger partial charge < -0.3 is 0 Å². The van der Waals surface area contributed by atoms with Gasteiger partial charge in [-0.2, -0.15) is 0 Å². The number of hydrogen-bond acceptors (Lipinski definition) is 6. The minimum absolute atomic E-state index is 0. The molecule has 0 N–H and O–H groups in total. The molecule has 0 fully saturated rings. The van der Waals surface area contributed by atoms with Crippen LogP contribution >= 0.6 is 31.7 Å². The molecule has 57 heavy (non-hydrogen) atoms. The van der Waals surface area contributed by atoms with Crippen molar-refractivity contribution < 1.29 is 21.1 Å². The van der Waals surface area contributed by atoms with Gasteiger partial charge >= 0.3 is 0 Å². The van der Waals surface area contributed by atoms with Crippen molar-refractivity contribution in [3.63, 3.8) is 0 Å². The SMILES string of the molecule is CCP(CC)CCP(CN(C(C)C)C(C)C)CN(C(C)C)C(C)C.CP(c1ccccc1)c1ccccc1.CP(c1ccccc1)c1ccccc1.N#N.N#N.[Mo]. The molecule has 4 rings (SSSR count). The Balaban J connectivity index is 0. The molecule has 0 saturated heterocycles. The number of nitrogens with zero attached hydrogens (tertiary/aromatic N) is 6. The zero-order valence-corrected chi connectivity index (χ0v) is 42.6. The van der Waals surface area contributed by atoms with Gasteiger partial charge in [-0.1, -0.05) is 143 Å². The van der Waals surface area contributed by atoms with E-state index in [1.54, 1.807) is 0 Å². The van der Waals surface area contributed by atoms with Crippen LogP contribution in [0, 0.1) is 21.6 Å². The largest absolute Gasteiger partial charge is 0.294 e. The Bertz CT molecular complexity index is 1320. The average Bonchev–Trinajstić information content (AvgIpc) is 3.24. The second-order valence-corrected chi connectivity index (χ2v) is 24.3. The summed E-state index contributed by atoms with van der Waals surface area (Å²) >= 11 is 0. The molecule has 0 aromatic heterocycles. The zero-order valence-electron chi connectivity index (χ0n) is 37.0. The Labute approximate surface area is 368 Å². The molecule has 6 nitrogen and oxygen atoms in total. The minimum atomic E-state index is -0.171. The monoisotopic (exact) mass is 930 g/mol. The first-order chi connectivity index (χ1) is 26.9. The summed E-state index contributed by atoms with van der Waals surface area (Å²) in [6, 6.07) is 45.4. The second kappa shape index (κ2) is 34.9. The van der Waals surface area contributed by atoms with Gasteiger partial charge in [0.15, 0.2) is 0 Å². The molecule has 0 radical (unpaired) electrons. The second-order valence-electron chi connectivity index (χ2n) is 14.6. The van der Waals surface area contributed by atoms with Crippen molar-refractivity contribution in [1.29, 1.82) is 21.6 Å². The summed E-state index contributed by atoms with van der Waals surface area (Å²) in [5, 5.41) is 29.8. The summed E-state index contributed by atoms with van der Waals surface area (Å²) in [5.74, 6) is 0. The molecule has 4 aromatic carbocycles. The van der Waals surface area contributed by atoms with Crippen molar-refractivity contribution in [2.45, 2.75) is 93.4 Å². The molecule has 0 heterocycles. The molecule has 0 spiro atoms. The molecule has 0 bridgehead atoms. The number of rotatable bonds is 17. The van der Waals surface area contributed by atoms with E-state index in [9.17, 15) is 0 Å². The molecule has 0 saturated carbocycles. The van der Waals surface area contributed by atoms with Crippen molar-refractivity contribution in [2.24, 2.45) is 0 Å². The summed E-state index contributed by atoms with van der Waals surface area (Å²) < 4.78 is 0. The van der Waals surface area contributed by atoms with E-state index in [0.29, 0.717) is 24.2 Å². The smallest absolute Gasteiger partial charge is 0.0201 e. The molecular weight excluding hydrogens is 856 g/mol. The normalized spacial score (nSPS) is 10.8. The van der Waals surface area contributed by atoms with E-state index >= 15 is 0 Å². The Hall–Kier alpha value is -1.95. The molecule has 0 aliphatic rings. The van der Waals surface area contributed by atoms with Gasteiger partial charge in [-0.05, 0) is 130 Å². The molecule has 0 aliphatic heterocycles. The van der Waals surface area contributed by atoms with Gasteiger partial charge in [0.05, 0.1) is 0 Å². The fourth-order valence-electron chi connectivity index (χ4n) is 6.22. The van der Waals surface area contributed by atoms with Gasteiger partial charge in [0.1, 0.15) is 0 Å². The van der Waals surface area contributed by atoms with Crippen LogP contribution in [0.25, 0.3) is 0 Å². The predicted octanol–water partition coefficient (Wildman–Crippen LogP) is 11.7. The van der Waals surface area contributed by atoms with E-state index in [1.165, 1.54) is 58.4 Å². The van der Waals surface area contributed by atoms with E-state index in [2.05, 4.69) is 214 Å². The van der Waals surface area contributed by atoms with E-state index in [0.717, 1.165) is 0 Å². The summed E-state index contributed by atoms with van der Waals surface area (Å²) in [4.78, 5) is 5.45. The van der Waals surface area contributed by atoms with Crippen molar-refractivity contribution in [3.05, 3.63) is 121 Å². The molecule has 0 atom stereocenters. The van der Waals surface area contributed by atoms with Gasteiger partial charge in [-0.3, -0.25) is 9.80 Å². The third-order valence-corrected chi connectivity index (χ3v) is 19.2. The van der Waals surface area contributed by atoms with Crippen LogP contribution in [-0.4, -0.2) is 84.5 Å². The third kappa shape index (κ3) is 23.4. The van der Waals surface area contributed by atoms with Gasteiger partial charge in [0, 0.05) is 79.4 Å². The summed E-state index contributed by atoms with van der Waals surface area (Å²) in [6.07, 6.45) is 8.40. The molecular formula is C46H72MoN6P4. The molecule has 312 valence electrons. The first kappa shape index (κ1) is 57.1. The van der Waals surface area contributed by atoms with E-state index in [1.807, 2.05) is 0 Å². The third-order valence-electron chi connectivity index (χ3n) is 9.58. The fourth-order valence-corrected chi connectivity index (χ4v) is 15.2. The van der Waals surface area contributed by atoms with Crippen molar-refractivity contribution >= 4 is 52.9 Å². The standard InChI is InChI=1S/C20H46N2P2.2C13H13P.Mo.2N2/c1-11-23(12-2)13-14-24(15-21(17(3)4)18(5)6)16-22(19(7)8)20(9)10;2*1-14(12-8-4-2-5-9-12)13-10-6-3-7-11-13;;2*1-2/h17-20H,11-16H2,1-10H3;2*2-11H,1H3;;;. The molecule has 0 unspecified atom stereocenters. The molecule has 11 heteroatoms. The molecule has 0 aliphatic carbocycles. The van der Waals surface area contributed by atoms with Crippen molar-refractivity contribution in [2.75, 3.05) is 50.5 Å². The Kier molecular flexibility index (Phi) is 35.0. The van der Waals surface area contributed by atoms with Crippen LogP contribution in [0.15, 0.2) is 121 Å². The number of benzene rings is 4. The average molecular weight is 929 g/mol. The van der Waals surface area contributed by atoms with Crippen molar-refractivity contribution in [1.82, 2.24) is 9.80 Å². The van der Waals surface area contributed by atoms with Gasteiger partial charge in [-0.15, -0.1) is 7.92 Å². The summed E-state index contributed by atoms with van der Waals surface area (Å²) in [6.45, 7) is 28.3. The number of hydrogen-bond donors (Lipinski definition) is 0. The van der Waals surface area contributed by atoms with E-state index in [-0.39, 0.29) is 52.8 Å². The topological polar surface area (TPSA) is 102 Å². The maximum atomic E-state index is 6.00. The summed E-state index contributed by atoms with van der Waals surface area (Å²) in [5.41, 5.74) is 0. The first-order valence-electron chi connectivity index (χ1n) is 19.9. The quantitative estimate of drug-likeness (QED) is 0.0594. The van der Waals surface area contributed by atoms with Crippen LogP contribution in [0.3, 0.4) is 0 Å². The van der Waals surface area contributed by atoms with Crippen molar-refractivity contribution in [3.8, 4) is 0 Å². The molecule has 4 aromatic rings. The fraction of sp³-hybridized carbons (Fsp3) is 0.478. The van der Waals surface area contributed by atoms with Gasteiger partial charge in [0.25, 0.3) is 0 Å². The summed E-state index contributed by atoms with van der Waals surface area (Å²) in [7, 11) is -0.00752. The minimum Gasteiger partial charge on any atom is -0.294 e. The van der Waals surface area contributed by atoms with E-state index in [4.69, 9.17) is 21.6 Å². The first-order valence-corrected chi connectivity index (χ1v) is 27.3. The van der Waals surface area contributed by atoms with Crippen LogP contribution in [0.2, 0.25) is 0 Å². The van der Waals surface area contributed by atoms with Crippen LogP contribution in [0.4, 0.5) is 0 Å². The maximum absolute atomic E-state index is 6.00. The zero-order chi connectivity index (χ0) is 42.5. The maximum Gasteiger partial charge on any atom is 0.0201 e.